The topological polar surface area (TPSA) is 81.7 Å². The molecule has 2 heterocycles. The van der Waals surface area contributed by atoms with Gasteiger partial charge in [-0.05, 0) is 25.3 Å². The molecule has 0 aliphatic heterocycles. The first-order valence-corrected chi connectivity index (χ1v) is 6.95. The van der Waals surface area contributed by atoms with E-state index in [1.807, 2.05) is 17.7 Å². The second-order valence-corrected chi connectivity index (χ2v) is 5.13. The predicted molar refractivity (Wildman–Crippen MR) is 80.2 cm³/mol. The van der Waals surface area contributed by atoms with Gasteiger partial charge in [-0.15, -0.1) is 0 Å². The molecule has 0 bridgehead atoms. The van der Waals surface area contributed by atoms with Crippen LogP contribution < -0.4 is 11.3 Å². The van der Waals surface area contributed by atoms with E-state index in [2.05, 4.69) is 41.3 Å². The number of nitrogen functional groups attached to an aromatic ring is 1. The first-order chi connectivity index (χ1) is 9.58. The second kappa shape index (κ2) is 6.00. The summed E-state index contributed by atoms with van der Waals surface area (Å²) in [5, 5.41) is 4.31. The summed E-state index contributed by atoms with van der Waals surface area (Å²) in [6.45, 7) is 9.16. The van der Waals surface area contributed by atoms with Crippen LogP contribution in [0.5, 0.6) is 0 Å². The molecule has 6 nitrogen and oxygen atoms in total. The van der Waals surface area contributed by atoms with Gasteiger partial charge in [-0.25, -0.2) is 15.8 Å². The summed E-state index contributed by atoms with van der Waals surface area (Å²) in [5.74, 6) is 7.27. The van der Waals surface area contributed by atoms with Crippen molar-refractivity contribution in [1.29, 1.82) is 0 Å². The largest absolute Gasteiger partial charge is 0.308 e. The SMILES string of the molecule is CCCn1nccc1-c1nc(C)c(C(C)C)c(NN)n1. The maximum atomic E-state index is 5.61. The lowest BCUT2D eigenvalue weighted by Gasteiger charge is -2.15. The van der Waals surface area contributed by atoms with E-state index in [4.69, 9.17) is 5.84 Å². The highest BCUT2D eigenvalue weighted by Crippen LogP contribution is 2.27. The monoisotopic (exact) mass is 274 g/mol. The van der Waals surface area contributed by atoms with Gasteiger partial charge in [0.15, 0.2) is 5.82 Å². The van der Waals surface area contributed by atoms with Crippen LogP contribution in [0, 0.1) is 6.92 Å². The van der Waals surface area contributed by atoms with Gasteiger partial charge in [0.2, 0.25) is 0 Å². The Morgan fingerprint density at radius 3 is 2.70 bits per heavy atom. The normalized spacial score (nSPS) is 11.1. The van der Waals surface area contributed by atoms with Gasteiger partial charge in [-0.2, -0.15) is 5.10 Å². The zero-order valence-corrected chi connectivity index (χ0v) is 12.5. The van der Waals surface area contributed by atoms with Crippen molar-refractivity contribution in [1.82, 2.24) is 19.7 Å². The standard InChI is InChI=1S/C14H22N6/c1-5-8-20-11(6-7-16-20)13-17-10(4)12(9(2)3)14(18-13)19-15/h6-7,9H,5,8,15H2,1-4H3,(H,17,18,19). The van der Waals surface area contributed by atoms with Gasteiger partial charge in [0.25, 0.3) is 0 Å². The van der Waals surface area contributed by atoms with Crippen molar-refractivity contribution in [2.24, 2.45) is 5.84 Å². The number of anilines is 1. The highest BCUT2D eigenvalue weighted by molar-refractivity contribution is 5.57. The van der Waals surface area contributed by atoms with Crippen molar-refractivity contribution in [2.75, 3.05) is 5.43 Å². The van der Waals surface area contributed by atoms with Crippen LogP contribution in [0.3, 0.4) is 0 Å². The molecule has 2 rings (SSSR count). The third-order valence-corrected chi connectivity index (χ3v) is 3.23. The Morgan fingerprint density at radius 2 is 2.10 bits per heavy atom. The average Bonchev–Trinajstić information content (AvgIpc) is 2.85. The second-order valence-electron chi connectivity index (χ2n) is 5.13. The summed E-state index contributed by atoms with van der Waals surface area (Å²) in [5.41, 5.74) is 5.61. The average molecular weight is 274 g/mol. The quantitative estimate of drug-likeness (QED) is 0.646. The van der Waals surface area contributed by atoms with Crippen LogP contribution in [0.15, 0.2) is 12.3 Å². The number of hydrogen-bond acceptors (Lipinski definition) is 5. The van der Waals surface area contributed by atoms with Crippen LogP contribution in [0.1, 0.15) is 44.4 Å². The van der Waals surface area contributed by atoms with Crippen LogP contribution >= 0.6 is 0 Å². The molecule has 0 unspecified atom stereocenters. The van der Waals surface area contributed by atoms with Crippen molar-refractivity contribution in [3.8, 4) is 11.5 Å². The minimum Gasteiger partial charge on any atom is -0.308 e. The number of aromatic nitrogens is 4. The first-order valence-electron chi connectivity index (χ1n) is 6.95. The maximum absolute atomic E-state index is 5.61. The highest BCUT2D eigenvalue weighted by atomic mass is 15.3. The number of hydrogen-bond donors (Lipinski definition) is 2. The molecule has 0 spiro atoms. The summed E-state index contributed by atoms with van der Waals surface area (Å²) in [4.78, 5) is 9.17. The van der Waals surface area contributed by atoms with Crippen molar-refractivity contribution in [2.45, 2.75) is 46.6 Å². The van der Waals surface area contributed by atoms with E-state index in [0.717, 1.165) is 29.9 Å². The zero-order valence-electron chi connectivity index (χ0n) is 12.5. The van der Waals surface area contributed by atoms with Crippen molar-refractivity contribution in [3.05, 3.63) is 23.5 Å². The maximum Gasteiger partial charge on any atom is 0.180 e. The van der Waals surface area contributed by atoms with Crippen LogP contribution in [-0.4, -0.2) is 19.7 Å². The lowest BCUT2D eigenvalue weighted by Crippen LogP contribution is -2.15. The molecule has 3 N–H and O–H groups in total. The third kappa shape index (κ3) is 2.65. The third-order valence-electron chi connectivity index (χ3n) is 3.23. The molecule has 0 amide bonds. The van der Waals surface area contributed by atoms with E-state index in [-0.39, 0.29) is 0 Å². The number of nitrogens with two attached hydrogens (primary N) is 1. The molecule has 2 aromatic rings. The smallest absolute Gasteiger partial charge is 0.180 e. The summed E-state index contributed by atoms with van der Waals surface area (Å²) in [7, 11) is 0. The highest BCUT2D eigenvalue weighted by Gasteiger charge is 2.16. The number of hydrazine groups is 1. The lowest BCUT2D eigenvalue weighted by atomic mass is 10.0. The summed E-state index contributed by atoms with van der Waals surface area (Å²) in [6.07, 6.45) is 2.79. The van der Waals surface area contributed by atoms with Gasteiger partial charge >= 0.3 is 0 Å². The van der Waals surface area contributed by atoms with E-state index in [9.17, 15) is 0 Å². The first kappa shape index (κ1) is 14.5. The van der Waals surface area contributed by atoms with E-state index in [1.54, 1.807) is 6.20 Å². The molecule has 0 saturated carbocycles. The number of rotatable bonds is 5. The van der Waals surface area contributed by atoms with Gasteiger partial charge < -0.3 is 5.43 Å². The van der Waals surface area contributed by atoms with Crippen LogP contribution in [0.25, 0.3) is 11.5 Å². The summed E-state index contributed by atoms with van der Waals surface area (Å²) < 4.78 is 1.92. The molecular weight excluding hydrogens is 252 g/mol. The Bertz CT molecular complexity index is 587. The zero-order chi connectivity index (χ0) is 14.7. The Kier molecular flexibility index (Phi) is 4.34. The lowest BCUT2D eigenvalue weighted by molar-refractivity contribution is 0.606. The van der Waals surface area contributed by atoms with Gasteiger partial charge in [0, 0.05) is 24.0 Å². The summed E-state index contributed by atoms with van der Waals surface area (Å²) in [6, 6.07) is 1.93. The van der Waals surface area contributed by atoms with Gasteiger partial charge in [-0.1, -0.05) is 20.8 Å². The number of aryl methyl sites for hydroxylation is 2. The van der Waals surface area contributed by atoms with Gasteiger partial charge in [0.05, 0.1) is 0 Å². The van der Waals surface area contributed by atoms with Crippen molar-refractivity contribution in [3.63, 3.8) is 0 Å². The molecule has 0 aliphatic rings. The fourth-order valence-corrected chi connectivity index (χ4v) is 2.41. The molecular formula is C14H22N6. The van der Waals surface area contributed by atoms with Crippen molar-refractivity contribution < 1.29 is 0 Å². The fraction of sp³-hybridized carbons (Fsp3) is 0.500. The minimum atomic E-state index is 0.315. The fourth-order valence-electron chi connectivity index (χ4n) is 2.41. The molecule has 0 aliphatic carbocycles. The molecule has 0 radical (unpaired) electrons. The molecule has 6 heteroatoms. The number of nitrogens with zero attached hydrogens (tertiary/aromatic N) is 4. The van der Waals surface area contributed by atoms with E-state index in [0.29, 0.717) is 17.6 Å². The molecule has 0 fully saturated rings. The van der Waals surface area contributed by atoms with E-state index >= 15 is 0 Å². The molecule has 2 aromatic heterocycles. The Balaban J connectivity index is 2.53. The molecule has 20 heavy (non-hydrogen) atoms. The van der Waals surface area contributed by atoms with Crippen LogP contribution in [-0.2, 0) is 6.54 Å². The van der Waals surface area contributed by atoms with E-state index < -0.39 is 0 Å². The molecule has 108 valence electrons. The Labute approximate surface area is 119 Å². The number of nitrogens with one attached hydrogen (secondary N) is 1. The van der Waals surface area contributed by atoms with Gasteiger partial charge in [-0.3, -0.25) is 4.68 Å². The summed E-state index contributed by atoms with van der Waals surface area (Å²) >= 11 is 0. The van der Waals surface area contributed by atoms with Gasteiger partial charge in [0.1, 0.15) is 11.5 Å². The van der Waals surface area contributed by atoms with Crippen LogP contribution in [0.2, 0.25) is 0 Å². The van der Waals surface area contributed by atoms with Crippen LogP contribution in [0.4, 0.5) is 5.82 Å². The van der Waals surface area contributed by atoms with E-state index in [1.165, 1.54) is 0 Å². The Morgan fingerprint density at radius 1 is 1.35 bits per heavy atom. The molecule has 0 saturated heterocycles. The molecule has 0 atom stereocenters. The Hall–Kier alpha value is -1.95. The van der Waals surface area contributed by atoms with Crippen molar-refractivity contribution >= 4 is 5.82 Å². The molecule has 0 aromatic carbocycles. The predicted octanol–water partition coefficient (Wildman–Crippen LogP) is 2.47. The minimum absolute atomic E-state index is 0.315.